The summed E-state index contributed by atoms with van der Waals surface area (Å²) in [6, 6.07) is 3.15. The number of ether oxygens (including phenoxy) is 2. The van der Waals surface area contributed by atoms with Crippen LogP contribution in [0, 0.1) is 0 Å². The Bertz CT molecular complexity index is 479. The van der Waals surface area contributed by atoms with Gasteiger partial charge in [-0.25, -0.2) is 9.78 Å². The average molecular weight is 277 g/mol. The van der Waals surface area contributed by atoms with Crippen LogP contribution in [0.5, 0.6) is 5.75 Å². The second kappa shape index (κ2) is 5.40. The molecule has 1 spiro atoms. The van der Waals surface area contributed by atoms with Gasteiger partial charge in [0.05, 0.1) is 18.4 Å². The number of hydrogen-bond acceptors (Lipinski definition) is 4. The Hall–Kier alpha value is -1.62. The monoisotopic (exact) mass is 277 g/mol. The van der Waals surface area contributed by atoms with Crippen molar-refractivity contribution in [2.75, 3.05) is 6.61 Å². The van der Waals surface area contributed by atoms with E-state index in [-0.39, 0.29) is 17.4 Å². The first-order valence-electron chi connectivity index (χ1n) is 7.17. The molecule has 20 heavy (non-hydrogen) atoms. The molecular formula is C15H19NO4. The van der Waals surface area contributed by atoms with Gasteiger partial charge in [-0.05, 0) is 25.0 Å². The molecule has 0 bridgehead atoms. The van der Waals surface area contributed by atoms with Crippen molar-refractivity contribution >= 4 is 5.97 Å². The topological polar surface area (TPSA) is 68.7 Å². The molecular weight excluding hydrogens is 258 g/mol. The lowest BCUT2D eigenvalue weighted by molar-refractivity contribution is -0.108. The largest absolute Gasteiger partial charge is 0.489 e. The molecule has 0 radical (unpaired) electrons. The number of carbonyl (C=O) groups is 1. The number of aromatic carboxylic acids is 1. The molecule has 108 valence electrons. The third-order valence-electron chi connectivity index (χ3n) is 4.22. The summed E-state index contributed by atoms with van der Waals surface area (Å²) in [5.74, 6) is -0.387. The predicted octanol–water partition coefficient (Wildman–Crippen LogP) is 2.65. The second-order valence-electron chi connectivity index (χ2n) is 5.66. The fraction of sp³-hybridized carbons (Fsp3) is 0.600. The zero-order valence-electron chi connectivity index (χ0n) is 11.4. The maximum absolute atomic E-state index is 10.8. The SMILES string of the molecule is O=C(O)c1ccc(OC2CCOC3(CCCC3)C2)cn1. The van der Waals surface area contributed by atoms with Gasteiger partial charge in [-0.3, -0.25) is 0 Å². The van der Waals surface area contributed by atoms with E-state index in [9.17, 15) is 4.79 Å². The summed E-state index contributed by atoms with van der Waals surface area (Å²) < 4.78 is 11.9. The van der Waals surface area contributed by atoms with E-state index >= 15 is 0 Å². The minimum absolute atomic E-state index is 0.0251. The normalized spacial score (nSPS) is 24.7. The Morgan fingerprint density at radius 2 is 2.20 bits per heavy atom. The number of carboxylic acids is 1. The van der Waals surface area contributed by atoms with Crippen LogP contribution >= 0.6 is 0 Å². The van der Waals surface area contributed by atoms with Crippen LogP contribution in [0.15, 0.2) is 18.3 Å². The van der Waals surface area contributed by atoms with Crippen molar-refractivity contribution in [3.8, 4) is 5.75 Å². The van der Waals surface area contributed by atoms with E-state index in [0.717, 1.165) is 32.3 Å². The van der Waals surface area contributed by atoms with Crippen LogP contribution < -0.4 is 4.74 Å². The first-order valence-corrected chi connectivity index (χ1v) is 7.17. The van der Waals surface area contributed by atoms with Crippen LogP contribution in [-0.2, 0) is 4.74 Å². The molecule has 1 N–H and O–H groups in total. The van der Waals surface area contributed by atoms with Crippen molar-refractivity contribution in [2.45, 2.75) is 50.2 Å². The molecule has 5 heteroatoms. The minimum atomic E-state index is -1.02. The maximum atomic E-state index is 10.8. The van der Waals surface area contributed by atoms with E-state index in [0.29, 0.717) is 5.75 Å². The molecule has 2 heterocycles. The lowest BCUT2D eigenvalue weighted by Gasteiger charge is -2.38. The molecule has 1 aliphatic carbocycles. The van der Waals surface area contributed by atoms with Crippen LogP contribution in [0.25, 0.3) is 0 Å². The van der Waals surface area contributed by atoms with E-state index in [4.69, 9.17) is 14.6 Å². The van der Waals surface area contributed by atoms with Crippen LogP contribution in [0.2, 0.25) is 0 Å². The molecule has 1 saturated carbocycles. The highest BCUT2D eigenvalue weighted by Crippen LogP contribution is 2.40. The average Bonchev–Trinajstić information content (AvgIpc) is 2.87. The second-order valence-corrected chi connectivity index (χ2v) is 5.66. The third-order valence-corrected chi connectivity index (χ3v) is 4.22. The standard InChI is InChI=1S/C15H19NO4/c17-14(18)13-4-3-12(10-16-13)20-11-5-8-19-15(9-11)6-1-2-7-15/h3-4,10-11H,1-2,5-9H2,(H,17,18). The molecule has 1 unspecified atom stereocenters. The Morgan fingerprint density at radius 1 is 1.40 bits per heavy atom. The highest BCUT2D eigenvalue weighted by molar-refractivity contribution is 5.85. The smallest absolute Gasteiger partial charge is 0.354 e. The van der Waals surface area contributed by atoms with Gasteiger partial charge >= 0.3 is 5.97 Å². The summed E-state index contributed by atoms with van der Waals surface area (Å²) >= 11 is 0. The van der Waals surface area contributed by atoms with Gasteiger partial charge in [0, 0.05) is 12.8 Å². The molecule has 1 saturated heterocycles. The summed E-state index contributed by atoms with van der Waals surface area (Å²) in [6.45, 7) is 0.741. The molecule has 0 amide bonds. The first-order chi connectivity index (χ1) is 9.67. The summed E-state index contributed by atoms with van der Waals surface area (Å²) in [5.41, 5.74) is 0.0637. The molecule has 5 nitrogen and oxygen atoms in total. The van der Waals surface area contributed by atoms with Crippen LogP contribution in [0.1, 0.15) is 49.0 Å². The van der Waals surface area contributed by atoms with Crippen molar-refractivity contribution in [1.82, 2.24) is 4.98 Å². The van der Waals surface area contributed by atoms with E-state index in [1.807, 2.05) is 0 Å². The predicted molar refractivity (Wildman–Crippen MR) is 72.0 cm³/mol. The third kappa shape index (κ3) is 2.77. The van der Waals surface area contributed by atoms with Gasteiger partial charge in [0.15, 0.2) is 0 Å². The van der Waals surface area contributed by atoms with E-state index in [1.165, 1.54) is 25.1 Å². The van der Waals surface area contributed by atoms with Gasteiger partial charge in [-0.1, -0.05) is 12.8 Å². The molecule has 3 rings (SSSR count). The molecule has 1 atom stereocenters. The van der Waals surface area contributed by atoms with E-state index in [2.05, 4.69) is 4.98 Å². The number of rotatable bonds is 3. The number of carboxylic acid groups (broad SMARTS) is 1. The zero-order chi connectivity index (χ0) is 14.0. The van der Waals surface area contributed by atoms with Crippen molar-refractivity contribution in [2.24, 2.45) is 0 Å². The molecule has 2 fully saturated rings. The van der Waals surface area contributed by atoms with Crippen molar-refractivity contribution in [1.29, 1.82) is 0 Å². The summed E-state index contributed by atoms with van der Waals surface area (Å²) in [4.78, 5) is 14.6. The van der Waals surface area contributed by atoms with E-state index < -0.39 is 5.97 Å². The van der Waals surface area contributed by atoms with Gasteiger partial charge < -0.3 is 14.6 Å². The van der Waals surface area contributed by atoms with Gasteiger partial charge in [0.1, 0.15) is 17.5 Å². The van der Waals surface area contributed by atoms with Crippen molar-refractivity contribution < 1.29 is 19.4 Å². The first kappa shape index (κ1) is 13.4. The summed E-state index contributed by atoms with van der Waals surface area (Å²) in [5, 5.41) is 8.82. The lowest BCUT2D eigenvalue weighted by Crippen LogP contribution is -2.41. The Balaban J connectivity index is 1.63. The number of nitrogens with zero attached hydrogens (tertiary/aromatic N) is 1. The summed E-state index contributed by atoms with van der Waals surface area (Å²) in [6.07, 6.45) is 8.16. The quantitative estimate of drug-likeness (QED) is 0.919. The molecule has 0 aromatic carbocycles. The van der Waals surface area contributed by atoms with Crippen LogP contribution in [-0.4, -0.2) is 34.4 Å². The number of pyridine rings is 1. The highest BCUT2D eigenvalue weighted by atomic mass is 16.5. The number of hydrogen-bond donors (Lipinski definition) is 1. The number of aromatic nitrogens is 1. The fourth-order valence-corrected chi connectivity index (χ4v) is 3.22. The van der Waals surface area contributed by atoms with Gasteiger partial charge in [0.25, 0.3) is 0 Å². The summed E-state index contributed by atoms with van der Waals surface area (Å²) in [7, 11) is 0. The van der Waals surface area contributed by atoms with Crippen LogP contribution in [0.4, 0.5) is 0 Å². The molecule has 1 aliphatic heterocycles. The zero-order valence-corrected chi connectivity index (χ0v) is 11.4. The van der Waals surface area contributed by atoms with Crippen molar-refractivity contribution in [3.63, 3.8) is 0 Å². The molecule has 1 aromatic rings. The molecule has 2 aliphatic rings. The Morgan fingerprint density at radius 3 is 2.85 bits per heavy atom. The minimum Gasteiger partial charge on any atom is -0.489 e. The Labute approximate surface area is 117 Å². The van der Waals surface area contributed by atoms with Crippen molar-refractivity contribution in [3.05, 3.63) is 24.0 Å². The van der Waals surface area contributed by atoms with Gasteiger partial charge in [-0.15, -0.1) is 0 Å². The molecule has 1 aromatic heterocycles. The maximum Gasteiger partial charge on any atom is 0.354 e. The highest BCUT2D eigenvalue weighted by Gasteiger charge is 2.40. The Kier molecular flexibility index (Phi) is 3.61. The van der Waals surface area contributed by atoms with Crippen LogP contribution in [0.3, 0.4) is 0 Å². The lowest BCUT2D eigenvalue weighted by atomic mass is 9.90. The van der Waals surface area contributed by atoms with Gasteiger partial charge in [-0.2, -0.15) is 0 Å². The fourth-order valence-electron chi connectivity index (χ4n) is 3.22. The van der Waals surface area contributed by atoms with E-state index in [1.54, 1.807) is 6.07 Å². The van der Waals surface area contributed by atoms with Gasteiger partial charge in [0.2, 0.25) is 0 Å².